The van der Waals surface area contributed by atoms with Crippen LogP contribution in [0.1, 0.15) is 50.3 Å². The Morgan fingerprint density at radius 3 is 2.90 bits per heavy atom. The number of likely N-dealkylation sites (tertiary alicyclic amines) is 1. The summed E-state index contributed by atoms with van der Waals surface area (Å²) in [5, 5.41) is 4.70. The molecule has 3 rings (SSSR count). The Hall–Kier alpha value is -1.36. The lowest BCUT2D eigenvalue weighted by atomic mass is 10.2. The molecule has 2 fully saturated rings. The number of rotatable bonds is 4. The fraction of sp³-hybridized carbons (Fsp3) is 0.733. The quantitative estimate of drug-likeness (QED) is 0.791. The van der Waals surface area contributed by atoms with Gasteiger partial charge in [0.05, 0.1) is 18.8 Å². The van der Waals surface area contributed by atoms with Gasteiger partial charge in [0.15, 0.2) is 0 Å². The van der Waals surface area contributed by atoms with Crippen molar-refractivity contribution in [2.24, 2.45) is 0 Å². The lowest BCUT2D eigenvalue weighted by Gasteiger charge is -2.21. The monoisotopic (exact) mass is 277 g/mol. The minimum atomic E-state index is -0.113. The van der Waals surface area contributed by atoms with E-state index in [4.69, 9.17) is 9.84 Å². The largest absolute Gasteiger partial charge is 0.468 e. The van der Waals surface area contributed by atoms with E-state index in [1.54, 1.807) is 0 Å². The van der Waals surface area contributed by atoms with E-state index in [-0.39, 0.29) is 12.0 Å². The molecule has 1 aliphatic heterocycles. The number of esters is 1. The van der Waals surface area contributed by atoms with Gasteiger partial charge in [-0.05, 0) is 38.3 Å². The molecule has 5 nitrogen and oxygen atoms in total. The number of nitrogens with zero attached hydrogens (tertiary/aromatic N) is 3. The van der Waals surface area contributed by atoms with Gasteiger partial charge < -0.3 is 4.74 Å². The molecule has 0 aromatic carbocycles. The molecule has 1 aromatic heterocycles. The highest BCUT2D eigenvalue weighted by atomic mass is 16.5. The van der Waals surface area contributed by atoms with E-state index < -0.39 is 0 Å². The third kappa shape index (κ3) is 2.73. The summed E-state index contributed by atoms with van der Waals surface area (Å²) in [6, 6.07) is 2.58. The number of aromatic nitrogens is 2. The highest BCUT2D eigenvalue weighted by molar-refractivity contribution is 5.75. The first kappa shape index (κ1) is 13.6. The number of carbonyl (C=O) groups is 1. The van der Waals surface area contributed by atoms with Crippen LogP contribution in [0.3, 0.4) is 0 Å². The summed E-state index contributed by atoms with van der Waals surface area (Å²) in [5.41, 5.74) is 1.06. The maximum Gasteiger partial charge on any atom is 0.323 e. The number of hydrogen-bond donors (Lipinski definition) is 0. The second-order valence-corrected chi connectivity index (χ2v) is 5.88. The van der Waals surface area contributed by atoms with Crippen LogP contribution in [-0.4, -0.2) is 40.3 Å². The Kier molecular flexibility index (Phi) is 4.05. The summed E-state index contributed by atoms with van der Waals surface area (Å²) in [6.07, 6.45) is 9.17. The van der Waals surface area contributed by atoms with Crippen molar-refractivity contribution in [3.8, 4) is 0 Å². The van der Waals surface area contributed by atoms with E-state index in [0.717, 1.165) is 31.6 Å². The molecule has 0 amide bonds. The zero-order valence-corrected chi connectivity index (χ0v) is 12.1. The van der Waals surface area contributed by atoms with Gasteiger partial charge in [-0.15, -0.1) is 0 Å². The maximum absolute atomic E-state index is 11.7. The van der Waals surface area contributed by atoms with E-state index in [9.17, 15) is 4.79 Å². The molecule has 1 aromatic rings. The van der Waals surface area contributed by atoms with E-state index in [1.807, 2.05) is 0 Å². The van der Waals surface area contributed by atoms with Crippen LogP contribution in [0.4, 0.5) is 0 Å². The van der Waals surface area contributed by atoms with Crippen LogP contribution >= 0.6 is 0 Å². The van der Waals surface area contributed by atoms with E-state index >= 15 is 0 Å². The van der Waals surface area contributed by atoms with Crippen molar-refractivity contribution in [1.29, 1.82) is 0 Å². The van der Waals surface area contributed by atoms with Gasteiger partial charge in [0.25, 0.3) is 0 Å². The second-order valence-electron chi connectivity index (χ2n) is 5.88. The van der Waals surface area contributed by atoms with Gasteiger partial charge in [0.1, 0.15) is 6.04 Å². The molecule has 0 bridgehead atoms. The summed E-state index contributed by atoms with van der Waals surface area (Å²) in [7, 11) is 1.47. The minimum absolute atomic E-state index is 0.0865. The Bertz CT molecular complexity index is 465. The van der Waals surface area contributed by atoms with Gasteiger partial charge in [-0.3, -0.25) is 14.4 Å². The summed E-state index contributed by atoms with van der Waals surface area (Å²) in [5.74, 6) is -0.113. The van der Waals surface area contributed by atoms with Gasteiger partial charge in [0, 0.05) is 12.7 Å². The SMILES string of the molecule is COC(=O)C1CCCN1Cc1ccn(C2CCCC2)n1. The van der Waals surface area contributed by atoms with Crippen molar-refractivity contribution in [1.82, 2.24) is 14.7 Å². The van der Waals surface area contributed by atoms with Crippen molar-refractivity contribution >= 4 is 5.97 Å². The van der Waals surface area contributed by atoms with Crippen LogP contribution in [0.25, 0.3) is 0 Å². The average molecular weight is 277 g/mol. The molecular weight excluding hydrogens is 254 g/mol. The smallest absolute Gasteiger partial charge is 0.323 e. The van der Waals surface area contributed by atoms with Crippen LogP contribution < -0.4 is 0 Å². The van der Waals surface area contributed by atoms with Gasteiger partial charge in [-0.2, -0.15) is 5.10 Å². The third-order valence-electron chi connectivity index (χ3n) is 4.56. The lowest BCUT2D eigenvalue weighted by molar-refractivity contribution is -0.146. The van der Waals surface area contributed by atoms with Crippen LogP contribution in [0.2, 0.25) is 0 Å². The first-order chi connectivity index (χ1) is 9.78. The van der Waals surface area contributed by atoms with E-state index in [2.05, 4.69) is 21.8 Å². The van der Waals surface area contributed by atoms with Crippen molar-refractivity contribution < 1.29 is 9.53 Å². The summed E-state index contributed by atoms with van der Waals surface area (Å²) in [4.78, 5) is 13.9. The first-order valence-electron chi connectivity index (χ1n) is 7.64. The molecule has 0 spiro atoms. The van der Waals surface area contributed by atoms with Crippen LogP contribution in [0, 0.1) is 0 Å². The van der Waals surface area contributed by atoms with Crippen molar-refractivity contribution in [3.63, 3.8) is 0 Å². The lowest BCUT2D eigenvalue weighted by Crippen LogP contribution is -2.36. The first-order valence-corrected chi connectivity index (χ1v) is 7.64. The summed E-state index contributed by atoms with van der Waals surface area (Å²) in [6.45, 7) is 1.70. The zero-order chi connectivity index (χ0) is 13.9. The standard InChI is InChI=1S/C15H23N3O2/c1-20-15(19)14-7-4-9-17(14)11-12-8-10-18(16-12)13-5-2-3-6-13/h8,10,13-14H,2-7,9,11H2,1H3. The third-order valence-corrected chi connectivity index (χ3v) is 4.56. The van der Waals surface area contributed by atoms with Crippen LogP contribution in [0.15, 0.2) is 12.3 Å². The highest BCUT2D eigenvalue weighted by Crippen LogP contribution is 2.29. The Balaban J connectivity index is 1.63. The van der Waals surface area contributed by atoms with Crippen molar-refractivity contribution in [2.45, 2.75) is 57.2 Å². The maximum atomic E-state index is 11.7. The molecule has 0 radical (unpaired) electrons. The molecular formula is C15H23N3O2. The summed E-state index contributed by atoms with van der Waals surface area (Å²) < 4.78 is 7.00. The van der Waals surface area contributed by atoms with E-state index in [1.165, 1.54) is 32.8 Å². The Morgan fingerprint density at radius 1 is 1.35 bits per heavy atom. The number of methoxy groups -OCH3 is 1. The fourth-order valence-corrected chi connectivity index (χ4v) is 3.46. The van der Waals surface area contributed by atoms with Crippen molar-refractivity contribution in [2.75, 3.05) is 13.7 Å². The summed E-state index contributed by atoms with van der Waals surface area (Å²) >= 11 is 0. The number of hydrogen-bond acceptors (Lipinski definition) is 4. The molecule has 1 unspecified atom stereocenters. The molecule has 20 heavy (non-hydrogen) atoms. The number of ether oxygens (including phenoxy) is 1. The Labute approximate surface area is 119 Å². The van der Waals surface area contributed by atoms with Crippen LogP contribution in [-0.2, 0) is 16.1 Å². The molecule has 1 atom stereocenters. The molecule has 110 valence electrons. The van der Waals surface area contributed by atoms with Crippen molar-refractivity contribution in [3.05, 3.63) is 18.0 Å². The van der Waals surface area contributed by atoms with E-state index in [0.29, 0.717) is 6.04 Å². The second kappa shape index (κ2) is 5.95. The molecule has 1 saturated carbocycles. The number of carbonyl (C=O) groups excluding carboxylic acids is 1. The molecule has 0 N–H and O–H groups in total. The van der Waals surface area contributed by atoms with Crippen LogP contribution in [0.5, 0.6) is 0 Å². The average Bonchev–Trinajstić information content (AvgIpc) is 3.19. The van der Waals surface area contributed by atoms with Gasteiger partial charge in [-0.1, -0.05) is 12.8 Å². The molecule has 2 heterocycles. The topological polar surface area (TPSA) is 47.4 Å². The minimum Gasteiger partial charge on any atom is -0.468 e. The molecule has 1 saturated heterocycles. The fourth-order valence-electron chi connectivity index (χ4n) is 3.46. The molecule has 5 heteroatoms. The highest BCUT2D eigenvalue weighted by Gasteiger charge is 2.31. The Morgan fingerprint density at radius 2 is 2.15 bits per heavy atom. The van der Waals surface area contributed by atoms with Gasteiger partial charge in [-0.25, -0.2) is 0 Å². The van der Waals surface area contributed by atoms with Gasteiger partial charge in [0.2, 0.25) is 0 Å². The zero-order valence-electron chi connectivity index (χ0n) is 12.1. The predicted molar refractivity (Wildman–Crippen MR) is 75.2 cm³/mol. The van der Waals surface area contributed by atoms with Gasteiger partial charge >= 0.3 is 5.97 Å². The predicted octanol–water partition coefficient (Wildman–Crippen LogP) is 2.14. The molecule has 1 aliphatic carbocycles. The molecule has 2 aliphatic rings. The normalized spacial score (nSPS) is 24.4.